The van der Waals surface area contributed by atoms with Gasteiger partial charge in [0, 0.05) is 116 Å². The monoisotopic (exact) mass is 708 g/mol. The molecule has 0 aliphatic heterocycles. The molecule has 0 fully saturated rings. The highest BCUT2D eigenvalue weighted by molar-refractivity contribution is 5.96. The van der Waals surface area contributed by atoms with Crippen molar-refractivity contribution in [3.8, 4) is 12.1 Å². The van der Waals surface area contributed by atoms with Crippen molar-refractivity contribution in [1.29, 1.82) is 10.5 Å². The molecule has 0 aromatic rings. The van der Waals surface area contributed by atoms with Gasteiger partial charge in [0.15, 0.2) is 5.82 Å². The Morgan fingerprint density at radius 2 is 0.625 bits per heavy atom. The highest BCUT2D eigenvalue weighted by Gasteiger charge is 2.27. The van der Waals surface area contributed by atoms with Crippen LogP contribution in [0.15, 0.2) is 232 Å². The maximum Gasteiger partial charge on any atom is 0.254 e. The summed E-state index contributed by atoms with van der Waals surface area (Å²) in [6, 6.07) is 3.91. The van der Waals surface area contributed by atoms with Crippen LogP contribution in [-0.4, -0.2) is 34.7 Å². The van der Waals surface area contributed by atoms with Crippen LogP contribution in [-0.2, 0) is 9.59 Å². The van der Waals surface area contributed by atoms with Crippen molar-refractivity contribution in [2.24, 2.45) is 0 Å². The predicted octanol–water partition coefficient (Wildman–Crippen LogP) is 7.37. The van der Waals surface area contributed by atoms with Gasteiger partial charge in [-0.2, -0.15) is 10.5 Å². The average Bonchev–Trinajstić information content (AvgIpc) is 3.19. The maximum atomic E-state index is 12.9. The third-order valence-electron chi connectivity index (χ3n) is 4.83. The van der Waals surface area contributed by atoms with Crippen LogP contribution in [0.1, 0.15) is 26.7 Å². The van der Waals surface area contributed by atoms with Gasteiger partial charge in [0.2, 0.25) is 0 Å². The molecular formula is C50H20N4O2. The second-order valence-corrected chi connectivity index (χ2v) is 8.92. The molecule has 0 spiro atoms. The number of hydrogen-bond acceptors (Lipinski definition) is 4. The average molecular weight is 709 g/mol. The summed E-state index contributed by atoms with van der Waals surface area (Å²) >= 11 is 0. The number of carbonyl (C=O) groups excluding carboxylic acids is 2. The first-order chi connectivity index (χ1) is 27.3. The number of amides is 2. The Morgan fingerprint density at radius 3 is 0.821 bits per heavy atom. The number of carbonyl (C=O) groups is 2. The summed E-state index contributed by atoms with van der Waals surface area (Å²) < 4.78 is 0. The number of rotatable bonds is 8. The molecular weight excluding hydrogens is 689 g/mol. The van der Waals surface area contributed by atoms with Crippen molar-refractivity contribution in [1.82, 2.24) is 9.80 Å². The first kappa shape index (κ1) is 45.7. The summed E-state index contributed by atoms with van der Waals surface area (Å²) in [5, 5.41) is 18.2. The van der Waals surface area contributed by atoms with Crippen molar-refractivity contribution < 1.29 is 9.59 Å². The van der Waals surface area contributed by atoms with Crippen molar-refractivity contribution in [3.05, 3.63) is 232 Å². The zero-order valence-corrected chi connectivity index (χ0v) is 30.1. The third-order valence-corrected chi connectivity index (χ3v) is 4.83. The molecule has 0 aliphatic rings. The first-order valence-electron chi connectivity index (χ1n) is 15.2. The van der Waals surface area contributed by atoms with Crippen LogP contribution in [0, 0.1) is 22.7 Å². The van der Waals surface area contributed by atoms with Crippen molar-refractivity contribution in [3.63, 3.8) is 0 Å². The van der Waals surface area contributed by atoms with E-state index >= 15 is 0 Å². The molecule has 252 valence electrons. The number of nitriles is 2. The Morgan fingerprint density at radius 1 is 0.411 bits per heavy atom. The molecule has 0 radical (unpaired) electrons. The molecule has 0 aromatic carbocycles. The minimum atomic E-state index is -0.552. The van der Waals surface area contributed by atoms with Crippen molar-refractivity contribution in [2.45, 2.75) is 26.7 Å². The van der Waals surface area contributed by atoms with E-state index < -0.39 is 11.8 Å². The number of hydrogen-bond donors (Lipinski definition) is 0. The third kappa shape index (κ3) is 24.7. The molecule has 6 nitrogen and oxygen atoms in total. The van der Waals surface area contributed by atoms with Gasteiger partial charge in [-0.1, -0.05) is 18.9 Å². The van der Waals surface area contributed by atoms with E-state index in [9.17, 15) is 9.59 Å². The lowest BCUT2D eigenvalue weighted by atomic mass is 10.2. The summed E-state index contributed by atoms with van der Waals surface area (Å²) in [5.41, 5.74) is 84.9. The second kappa shape index (κ2) is 33.2. The second-order valence-electron chi connectivity index (χ2n) is 8.92. The van der Waals surface area contributed by atoms with Crippen LogP contribution >= 0.6 is 0 Å². The largest absolute Gasteiger partial charge is 0.286 e. The molecule has 0 bridgehead atoms. The molecule has 2 amide bonds. The SMILES string of the molecule is C=C=C=C=C=C=C=C=C=C=C=C=C=C=C=C=C=C=C=C=C=C=C=C=C=C=C=C=C=C=C=C=C=C=C=C(N(CCC#N)C(=O)C(=C)C)N(CCC#N)C(=O)C(=C)C. The Hall–Kier alpha value is -10.3. The van der Waals surface area contributed by atoms with Gasteiger partial charge in [0.1, 0.15) is 0 Å². The topological polar surface area (TPSA) is 88.2 Å². The Kier molecular flexibility index (Phi) is 27.0. The molecule has 0 rings (SSSR count). The van der Waals surface area contributed by atoms with E-state index in [0.29, 0.717) is 0 Å². The summed E-state index contributed by atoms with van der Waals surface area (Å²) in [5.74, 6) is -1.17. The van der Waals surface area contributed by atoms with Gasteiger partial charge >= 0.3 is 0 Å². The summed E-state index contributed by atoms with van der Waals surface area (Å²) in [4.78, 5) is 28.1. The molecule has 0 N–H and O–H groups in total. The Balaban J connectivity index is 6.84. The summed E-state index contributed by atoms with van der Waals surface area (Å²) in [7, 11) is 0. The highest BCUT2D eigenvalue weighted by atomic mass is 16.2. The maximum absolute atomic E-state index is 12.9. The lowest BCUT2D eigenvalue weighted by Gasteiger charge is -2.31. The van der Waals surface area contributed by atoms with Gasteiger partial charge in [-0.15, -0.1) is 0 Å². The van der Waals surface area contributed by atoms with Crippen LogP contribution in [0.5, 0.6) is 0 Å². The van der Waals surface area contributed by atoms with E-state index in [4.69, 9.17) is 10.5 Å². The normalized spacial score (nSPS) is 6.00. The van der Waals surface area contributed by atoms with Crippen LogP contribution in [0.3, 0.4) is 0 Å². The van der Waals surface area contributed by atoms with Crippen molar-refractivity contribution >= 4 is 11.8 Å². The molecule has 0 heterocycles. The molecule has 0 aromatic heterocycles. The van der Waals surface area contributed by atoms with E-state index in [1.165, 1.54) is 13.8 Å². The molecule has 6 heteroatoms. The molecule has 0 aliphatic carbocycles. The Bertz CT molecular complexity index is 3130. The van der Waals surface area contributed by atoms with Gasteiger partial charge in [-0.3, -0.25) is 19.4 Å². The van der Waals surface area contributed by atoms with Gasteiger partial charge in [-0.05, 0) is 118 Å². The van der Waals surface area contributed by atoms with Gasteiger partial charge in [-0.25, -0.2) is 0 Å². The lowest BCUT2D eigenvalue weighted by molar-refractivity contribution is -0.130. The van der Waals surface area contributed by atoms with E-state index in [1.54, 1.807) is 0 Å². The molecule has 0 atom stereocenters. The van der Waals surface area contributed by atoms with E-state index in [-0.39, 0.29) is 42.9 Å². The van der Waals surface area contributed by atoms with Gasteiger partial charge in [0.25, 0.3) is 11.8 Å². The Labute approximate surface area is 324 Å². The fourth-order valence-electron chi connectivity index (χ4n) is 2.74. The first-order valence-corrected chi connectivity index (χ1v) is 15.2. The van der Waals surface area contributed by atoms with Crippen LogP contribution < -0.4 is 0 Å². The smallest absolute Gasteiger partial charge is 0.254 e. The molecule has 0 unspecified atom stereocenters. The molecule has 0 saturated heterocycles. The number of nitrogens with zero attached hydrogens (tertiary/aromatic N) is 4. The predicted molar refractivity (Wildman–Crippen MR) is 202 cm³/mol. The minimum Gasteiger partial charge on any atom is -0.286 e. The van der Waals surface area contributed by atoms with E-state index in [0.717, 1.165) is 9.80 Å². The van der Waals surface area contributed by atoms with Crippen LogP contribution in [0.2, 0.25) is 0 Å². The van der Waals surface area contributed by atoms with Gasteiger partial charge < -0.3 is 0 Å². The van der Waals surface area contributed by atoms with Crippen LogP contribution in [0.4, 0.5) is 0 Å². The fraction of sp³-hybridized carbons (Fsp3) is 0.120. The summed E-state index contributed by atoms with van der Waals surface area (Å²) in [6.07, 6.45) is -0.0953. The fourth-order valence-corrected chi connectivity index (χ4v) is 2.74. The zero-order chi connectivity index (χ0) is 41.3. The minimum absolute atomic E-state index is 0.0477. The molecule has 56 heavy (non-hydrogen) atoms. The summed E-state index contributed by atoms with van der Waals surface area (Å²) in [6.45, 7) is 13.5. The lowest BCUT2D eigenvalue weighted by Crippen LogP contribution is -2.43. The highest BCUT2D eigenvalue weighted by Crippen LogP contribution is 2.17. The quantitative estimate of drug-likeness (QED) is 0.195. The standard InChI is InChI=1S/C50H20N4O2/c1-6-7-8-9-10-11-12-13-14-15-16-17-18-19-20-21-22-23-24-25-26-27-28-29-30-31-32-33-34-35-36-37-38-41-48(53(44-39-42-51)49(55)46(2)3)54(45-40-43-52)50(56)47(4)5/h1-2,4,39-40,44-45H2,3,5H3. The van der Waals surface area contributed by atoms with E-state index in [2.05, 4.69) is 215 Å². The zero-order valence-electron chi connectivity index (χ0n) is 30.1. The van der Waals surface area contributed by atoms with E-state index in [1.807, 2.05) is 12.1 Å². The van der Waals surface area contributed by atoms with Crippen molar-refractivity contribution in [2.75, 3.05) is 13.1 Å². The van der Waals surface area contributed by atoms with Crippen LogP contribution in [0.25, 0.3) is 0 Å². The molecule has 0 saturated carbocycles. The van der Waals surface area contributed by atoms with Gasteiger partial charge in [0.05, 0.1) is 25.0 Å².